The van der Waals surface area contributed by atoms with E-state index in [4.69, 9.17) is 11.6 Å². The van der Waals surface area contributed by atoms with Crippen LogP contribution in [0.1, 0.15) is 29.4 Å². The van der Waals surface area contributed by atoms with E-state index in [-0.39, 0.29) is 18.9 Å². The molecule has 0 saturated heterocycles. The van der Waals surface area contributed by atoms with Gasteiger partial charge in [-0.1, -0.05) is 22.9 Å². The van der Waals surface area contributed by atoms with E-state index in [1.54, 1.807) is 41.2 Å². The minimum atomic E-state index is -2.65. The van der Waals surface area contributed by atoms with Gasteiger partial charge in [0.05, 0.1) is 35.3 Å². The lowest BCUT2D eigenvalue weighted by atomic mass is 9.88. The second kappa shape index (κ2) is 7.98. The van der Waals surface area contributed by atoms with Crippen LogP contribution in [0.4, 0.5) is 14.5 Å². The van der Waals surface area contributed by atoms with Gasteiger partial charge in [-0.3, -0.25) is 14.3 Å². The van der Waals surface area contributed by atoms with Gasteiger partial charge < -0.3 is 5.32 Å². The summed E-state index contributed by atoms with van der Waals surface area (Å²) < 4.78 is 29.6. The number of carbonyl (C=O) groups is 1. The molecular weight excluding hydrogens is 478 g/mol. The zero-order valence-electron chi connectivity index (χ0n) is 18.0. The quantitative estimate of drug-likeness (QED) is 0.363. The molecule has 0 atom stereocenters. The van der Waals surface area contributed by atoms with E-state index < -0.39 is 11.8 Å². The van der Waals surface area contributed by atoms with Crippen molar-refractivity contribution in [3.05, 3.63) is 72.0 Å². The number of hydrogen-bond acceptors (Lipinski definition) is 5. The topological polar surface area (TPSA) is 106 Å². The molecule has 0 radical (unpaired) electrons. The lowest BCUT2D eigenvalue weighted by molar-refractivity contribution is -0.107. The summed E-state index contributed by atoms with van der Waals surface area (Å²) in [5, 5.41) is 18.0. The van der Waals surface area contributed by atoms with E-state index >= 15 is 0 Å². The average molecular weight is 495 g/mol. The number of amides is 1. The van der Waals surface area contributed by atoms with Crippen LogP contribution in [0.3, 0.4) is 0 Å². The number of H-pyrrole nitrogens is 1. The standard InChI is InChI=1S/C23H17ClF2N8O/c24-17-3-1-13(19-12-34(32-31-19)16-6-23(25,26)7-16)5-18(17)30-22(35)20-10-27-21-4-2-14(11-33(20)21)15-8-28-29-9-15/h1-5,8-12,16H,6-7H2,(H,28,29)(H,30,35). The van der Waals surface area contributed by atoms with Crippen molar-refractivity contribution in [2.75, 3.05) is 5.32 Å². The molecular formula is C23H17ClF2N8O. The first-order valence-electron chi connectivity index (χ1n) is 10.7. The average Bonchev–Trinajstić information content (AvgIpc) is 3.58. The first-order valence-corrected chi connectivity index (χ1v) is 11.1. The molecule has 35 heavy (non-hydrogen) atoms. The number of aromatic nitrogens is 7. The normalized spacial score (nSPS) is 15.3. The van der Waals surface area contributed by atoms with E-state index in [1.807, 2.05) is 18.3 Å². The number of carbonyl (C=O) groups excluding carboxylic acids is 1. The summed E-state index contributed by atoms with van der Waals surface area (Å²) in [4.78, 5) is 17.4. The van der Waals surface area contributed by atoms with Crippen LogP contribution in [0.15, 0.2) is 61.3 Å². The highest BCUT2D eigenvalue weighted by Crippen LogP contribution is 2.45. The third-order valence-electron chi connectivity index (χ3n) is 6.03. The smallest absolute Gasteiger partial charge is 0.274 e. The fourth-order valence-corrected chi connectivity index (χ4v) is 4.26. The molecule has 6 rings (SSSR count). The molecule has 12 heteroatoms. The van der Waals surface area contributed by atoms with Crippen LogP contribution in [0, 0.1) is 0 Å². The highest BCUT2D eigenvalue weighted by atomic mass is 35.5. The molecule has 1 saturated carbocycles. The van der Waals surface area contributed by atoms with Crippen LogP contribution < -0.4 is 5.32 Å². The summed E-state index contributed by atoms with van der Waals surface area (Å²) >= 11 is 6.35. The highest BCUT2D eigenvalue weighted by Gasteiger charge is 2.46. The van der Waals surface area contributed by atoms with Crippen LogP contribution >= 0.6 is 11.6 Å². The number of nitrogens with zero attached hydrogens (tertiary/aromatic N) is 6. The summed E-state index contributed by atoms with van der Waals surface area (Å²) in [6.45, 7) is 0. The number of alkyl halides is 2. The number of fused-ring (bicyclic) bond motifs is 1. The number of halogens is 3. The molecule has 0 bridgehead atoms. The number of rotatable bonds is 5. The third-order valence-corrected chi connectivity index (χ3v) is 6.36. The van der Waals surface area contributed by atoms with Gasteiger partial charge >= 0.3 is 0 Å². The lowest BCUT2D eigenvalue weighted by Crippen LogP contribution is -2.37. The van der Waals surface area contributed by atoms with Gasteiger partial charge in [-0.2, -0.15) is 5.10 Å². The molecule has 0 spiro atoms. The van der Waals surface area contributed by atoms with Gasteiger partial charge in [0.15, 0.2) is 0 Å². The maximum Gasteiger partial charge on any atom is 0.274 e. The van der Waals surface area contributed by atoms with Crippen molar-refractivity contribution in [2.24, 2.45) is 0 Å². The molecule has 4 heterocycles. The maximum atomic E-state index is 13.2. The molecule has 176 valence electrons. The summed E-state index contributed by atoms with van der Waals surface area (Å²) in [7, 11) is 0. The SMILES string of the molecule is O=C(Nc1cc(-c2cn(C3CC(F)(F)C3)nn2)ccc1Cl)c1cnc2ccc(-c3cn[nH]c3)cn12. The Balaban J connectivity index is 1.26. The van der Waals surface area contributed by atoms with Crippen LogP contribution in [0.5, 0.6) is 0 Å². The summed E-state index contributed by atoms with van der Waals surface area (Å²) in [5.41, 5.74) is 4.19. The fraction of sp³-hybridized carbons (Fsp3) is 0.174. The first kappa shape index (κ1) is 21.4. The molecule has 1 aromatic carbocycles. The largest absolute Gasteiger partial charge is 0.319 e. The van der Waals surface area contributed by atoms with Gasteiger partial charge in [-0.15, -0.1) is 5.10 Å². The molecule has 1 amide bonds. The molecule has 1 aliphatic rings. The van der Waals surface area contributed by atoms with E-state index in [2.05, 4.69) is 30.8 Å². The molecule has 5 aromatic rings. The Labute approximate surface area is 201 Å². The summed E-state index contributed by atoms with van der Waals surface area (Å²) in [5.74, 6) is -3.05. The molecule has 9 nitrogen and oxygen atoms in total. The predicted molar refractivity (Wildman–Crippen MR) is 124 cm³/mol. The first-order chi connectivity index (χ1) is 16.9. The number of anilines is 1. The van der Waals surface area contributed by atoms with Crippen LogP contribution in [0.25, 0.3) is 28.0 Å². The van der Waals surface area contributed by atoms with E-state index in [9.17, 15) is 13.6 Å². The maximum absolute atomic E-state index is 13.2. The van der Waals surface area contributed by atoms with Crippen LogP contribution in [0.2, 0.25) is 5.02 Å². The van der Waals surface area contributed by atoms with Gasteiger partial charge in [-0.25, -0.2) is 18.4 Å². The van der Waals surface area contributed by atoms with E-state index in [0.717, 1.165) is 11.1 Å². The Morgan fingerprint density at radius 1 is 1.11 bits per heavy atom. The Morgan fingerprint density at radius 3 is 2.71 bits per heavy atom. The van der Waals surface area contributed by atoms with Gasteiger partial charge in [0.25, 0.3) is 11.8 Å². The van der Waals surface area contributed by atoms with Crippen molar-refractivity contribution in [1.29, 1.82) is 0 Å². The van der Waals surface area contributed by atoms with Gasteiger partial charge in [0.1, 0.15) is 17.0 Å². The van der Waals surface area contributed by atoms with Crippen molar-refractivity contribution in [1.82, 2.24) is 34.6 Å². The molecule has 0 aliphatic heterocycles. The minimum Gasteiger partial charge on any atom is -0.319 e. The van der Waals surface area contributed by atoms with Crippen LogP contribution in [-0.2, 0) is 0 Å². The van der Waals surface area contributed by atoms with Crippen molar-refractivity contribution in [3.63, 3.8) is 0 Å². The van der Waals surface area contributed by atoms with Crippen LogP contribution in [-0.4, -0.2) is 46.4 Å². The van der Waals surface area contributed by atoms with E-state index in [1.165, 1.54) is 10.9 Å². The third kappa shape index (κ3) is 3.93. The minimum absolute atomic E-state index is 0.251. The Hall–Kier alpha value is -4.12. The number of benzene rings is 1. The fourth-order valence-electron chi connectivity index (χ4n) is 4.10. The second-order valence-electron chi connectivity index (χ2n) is 8.43. The summed E-state index contributed by atoms with van der Waals surface area (Å²) in [6.07, 6.45) is 7.87. The zero-order chi connectivity index (χ0) is 24.2. The van der Waals surface area contributed by atoms with Gasteiger partial charge in [-0.05, 0) is 24.3 Å². The van der Waals surface area contributed by atoms with Crippen molar-refractivity contribution in [3.8, 4) is 22.4 Å². The number of hydrogen-bond donors (Lipinski definition) is 2. The van der Waals surface area contributed by atoms with Gasteiger partial charge in [0, 0.05) is 41.9 Å². The van der Waals surface area contributed by atoms with E-state index in [0.29, 0.717) is 33.3 Å². The number of pyridine rings is 1. The molecule has 1 aliphatic carbocycles. The van der Waals surface area contributed by atoms with Crippen molar-refractivity contribution < 1.29 is 13.6 Å². The summed E-state index contributed by atoms with van der Waals surface area (Å²) in [6, 6.07) is 8.37. The predicted octanol–water partition coefficient (Wildman–Crippen LogP) is 4.86. The molecule has 4 aromatic heterocycles. The second-order valence-corrected chi connectivity index (χ2v) is 8.83. The molecule has 1 fully saturated rings. The monoisotopic (exact) mass is 494 g/mol. The zero-order valence-corrected chi connectivity index (χ0v) is 18.7. The molecule has 2 N–H and O–H groups in total. The molecule has 0 unspecified atom stereocenters. The van der Waals surface area contributed by atoms with Crippen molar-refractivity contribution >= 4 is 28.8 Å². The highest BCUT2D eigenvalue weighted by molar-refractivity contribution is 6.34. The lowest BCUT2D eigenvalue weighted by Gasteiger charge is -2.34. The number of nitrogens with one attached hydrogen (secondary N) is 2. The number of imidazole rings is 1. The Morgan fingerprint density at radius 2 is 1.94 bits per heavy atom. The van der Waals surface area contributed by atoms with Gasteiger partial charge in [0.2, 0.25) is 0 Å². The Kier molecular flexibility index (Phi) is 4.88. The Bertz CT molecular complexity index is 1550. The van der Waals surface area contributed by atoms with Crippen molar-refractivity contribution in [2.45, 2.75) is 24.8 Å². The number of aromatic amines is 1.